The summed E-state index contributed by atoms with van der Waals surface area (Å²) >= 11 is 1.53. The summed E-state index contributed by atoms with van der Waals surface area (Å²) in [5, 5.41) is 21.4. The molecule has 170 valence electrons. The van der Waals surface area contributed by atoms with E-state index in [0.717, 1.165) is 11.4 Å². The topological polar surface area (TPSA) is 122 Å². The van der Waals surface area contributed by atoms with Crippen LogP contribution in [0.2, 0.25) is 0 Å². The summed E-state index contributed by atoms with van der Waals surface area (Å²) in [4.78, 5) is 31.4. The fourth-order valence-corrected chi connectivity index (χ4v) is 4.28. The fraction of sp³-hybridized carbons (Fsp3) is 0.381. The van der Waals surface area contributed by atoms with Crippen LogP contribution >= 0.6 is 11.3 Å². The van der Waals surface area contributed by atoms with Gasteiger partial charge >= 0.3 is 0 Å². The van der Waals surface area contributed by atoms with E-state index in [1.165, 1.54) is 27.3 Å². The highest BCUT2D eigenvalue weighted by Gasteiger charge is 2.49. The van der Waals surface area contributed by atoms with Gasteiger partial charge in [-0.1, -0.05) is 13.0 Å². The van der Waals surface area contributed by atoms with E-state index in [-0.39, 0.29) is 52.9 Å². The van der Waals surface area contributed by atoms with Crippen LogP contribution in [-0.2, 0) is 9.53 Å². The number of hydrogen-bond donors (Lipinski definition) is 4. The number of para-hydroxylation sites is 1. The number of hydrazine groups is 1. The van der Waals surface area contributed by atoms with Gasteiger partial charge in [0.15, 0.2) is 12.0 Å². The number of epoxide rings is 1. The maximum absolute atomic E-state index is 13.2. The summed E-state index contributed by atoms with van der Waals surface area (Å²) in [6.07, 6.45) is 1.79. The van der Waals surface area contributed by atoms with Crippen molar-refractivity contribution in [1.29, 1.82) is 0 Å². The molecule has 0 radical (unpaired) electrons. The summed E-state index contributed by atoms with van der Waals surface area (Å²) < 4.78 is 5.74. The van der Waals surface area contributed by atoms with E-state index in [2.05, 4.69) is 21.0 Å². The van der Waals surface area contributed by atoms with E-state index < -0.39 is 0 Å². The van der Waals surface area contributed by atoms with Crippen molar-refractivity contribution in [3.05, 3.63) is 51.7 Å². The number of benzene rings is 1. The molecule has 3 atom stereocenters. The van der Waals surface area contributed by atoms with Crippen molar-refractivity contribution in [2.45, 2.75) is 31.7 Å². The Hall–Kier alpha value is -3.15. The van der Waals surface area contributed by atoms with E-state index in [0.29, 0.717) is 5.70 Å². The van der Waals surface area contributed by atoms with Crippen LogP contribution in [-0.4, -0.2) is 65.3 Å². The first-order valence-electron chi connectivity index (χ1n) is 10.2. The van der Waals surface area contributed by atoms with Gasteiger partial charge in [0.05, 0.1) is 23.0 Å². The number of anilines is 1. The van der Waals surface area contributed by atoms with Gasteiger partial charge in [-0.25, -0.2) is 10.4 Å². The highest BCUT2D eigenvalue weighted by molar-refractivity contribution is 7.09. The van der Waals surface area contributed by atoms with Crippen molar-refractivity contribution in [1.82, 2.24) is 25.6 Å². The number of amides is 2. The lowest BCUT2D eigenvalue weighted by atomic mass is 10.1. The fourth-order valence-electron chi connectivity index (χ4n) is 3.51. The Bertz CT molecular complexity index is 1050. The third kappa shape index (κ3) is 4.14. The number of carbonyl (C=O) groups excluding carboxylic acids is 2. The Kier molecular flexibility index (Phi) is 6.04. The minimum atomic E-state index is -0.367. The van der Waals surface area contributed by atoms with Crippen molar-refractivity contribution in [2.24, 2.45) is 0 Å². The molecule has 3 heterocycles. The van der Waals surface area contributed by atoms with Gasteiger partial charge < -0.3 is 25.4 Å². The number of aromatic nitrogens is 1. The third-order valence-corrected chi connectivity index (χ3v) is 6.19. The smallest absolute Gasteiger partial charge is 0.286 e. The van der Waals surface area contributed by atoms with Crippen LogP contribution in [0.15, 0.2) is 41.2 Å². The van der Waals surface area contributed by atoms with Crippen LogP contribution in [0.25, 0.3) is 0 Å². The first kappa shape index (κ1) is 22.1. The molecule has 0 spiro atoms. The van der Waals surface area contributed by atoms with Crippen molar-refractivity contribution in [2.75, 3.05) is 26.5 Å². The van der Waals surface area contributed by atoms with Gasteiger partial charge in [0.2, 0.25) is 0 Å². The lowest BCUT2D eigenvalue weighted by Gasteiger charge is -2.23. The van der Waals surface area contributed by atoms with Crippen LogP contribution in [0.3, 0.4) is 0 Å². The van der Waals surface area contributed by atoms with Gasteiger partial charge in [-0.2, -0.15) is 0 Å². The molecule has 0 bridgehead atoms. The number of nitrogens with zero attached hydrogens (tertiary/aromatic N) is 3. The molecule has 32 heavy (non-hydrogen) atoms. The van der Waals surface area contributed by atoms with E-state index in [4.69, 9.17) is 4.74 Å². The number of likely N-dealkylation sites (N-methyl/N-ethyl adjacent to an activating group) is 1. The number of rotatable bonds is 7. The zero-order valence-corrected chi connectivity index (χ0v) is 19.1. The molecular weight excluding hydrogens is 432 g/mol. The number of carbonyl (C=O) groups is 2. The molecule has 1 saturated heterocycles. The number of ether oxygens (including phenoxy) is 1. The normalized spacial score (nSPS) is 21.0. The summed E-state index contributed by atoms with van der Waals surface area (Å²) in [5.41, 5.74) is 4.18. The monoisotopic (exact) mass is 458 g/mol. The second-order valence-electron chi connectivity index (χ2n) is 7.76. The molecule has 10 nitrogen and oxygen atoms in total. The largest absolute Gasteiger partial charge is 0.505 e. The first-order chi connectivity index (χ1) is 15.3. The number of fused-ring (bicyclic) bond motifs is 1. The molecule has 1 aromatic heterocycles. The van der Waals surface area contributed by atoms with Gasteiger partial charge in [0, 0.05) is 32.7 Å². The maximum atomic E-state index is 13.2. The summed E-state index contributed by atoms with van der Waals surface area (Å²) in [6.45, 7) is 2.03. The van der Waals surface area contributed by atoms with Crippen LogP contribution in [0, 0.1) is 0 Å². The molecule has 2 aliphatic heterocycles. The van der Waals surface area contributed by atoms with Gasteiger partial charge in [-0.05, 0) is 18.6 Å². The number of thiazole rings is 1. The van der Waals surface area contributed by atoms with Crippen molar-refractivity contribution in [3.63, 3.8) is 0 Å². The average Bonchev–Trinajstić information content (AvgIpc) is 3.32. The van der Waals surface area contributed by atoms with Crippen molar-refractivity contribution < 1.29 is 19.4 Å². The maximum Gasteiger partial charge on any atom is 0.286 e. The molecule has 2 amide bonds. The number of hydrogen-bond acceptors (Lipinski definition) is 9. The lowest BCUT2D eigenvalue weighted by molar-refractivity contribution is -0.129. The Labute approximate surface area is 189 Å². The van der Waals surface area contributed by atoms with Gasteiger partial charge in [0.1, 0.15) is 16.8 Å². The standard InChI is InChI=1S/C21H26N6O4S/c1-5-12(19-22-9-10-32-19)23-14-15(21(30)27(4)25-18-17(14)31-18)24-13-8-6-7-11(16(13)28)20(29)26(2)3/h6-10,12,17-18,23-25,28H,5H2,1-4H3. The molecule has 1 aromatic carbocycles. The van der Waals surface area contributed by atoms with Gasteiger partial charge in [0.25, 0.3) is 11.8 Å². The lowest BCUT2D eigenvalue weighted by Crippen LogP contribution is -2.42. The minimum Gasteiger partial charge on any atom is -0.505 e. The first-order valence-corrected chi connectivity index (χ1v) is 11.1. The van der Waals surface area contributed by atoms with E-state index in [1.54, 1.807) is 39.5 Å². The molecule has 3 unspecified atom stereocenters. The molecule has 4 N–H and O–H groups in total. The SMILES string of the molecule is CCC(NC1=C(Nc2cccc(C(=O)N(C)C)c2O)C(=O)N(C)NC2OC12)c1nccs1. The van der Waals surface area contributed by atoms with Gasteiger partial charge in [-0.3, -0.25) is 14.6 Å². The van der Waals surface area contributed by atoms with Gasteiger partial charge in [-0.15, -0.1) is 11.3 Å². The average molecular weight is 459 g/mol. The molecule has 11 heteroatoms. The predicted molar refractivity (Wildman–Crippen MR) is 120 cm³/mol. The molecule has 1 fully saturated rings. The van der Waals surface area contributed by atoms with E-state index in [1.807, 2.05) is 12.3 Å². The zero-order chi connectivity index (χ0) is 23.0. The predicted octanol–water partition coefficient (Wildman–Crippen LogP) is 1.62. The summed E-state index contributed by atoms with van der Waals surface area (Å²) in [5.74, 6) is -0.906. The van der Waals surface area contributed by atoms with E-state index >= 15 is 0 Å². The Morgan fingerprint density at radius 1 is 1.44 bits per heavy atom. The quantitative estimate of drug-likeness (QED) is 0.365. The Balaban J connectivity index is 1.74. The number of nitrogens with one attached hydrogen (secondary N) is 3. The van der Waals surface area contributed by atoms with Crippen molar-refractivity contribution >= 4 is 28.8 Å². The molecule has 2 aliphatic rings. The van der Waals surface area contributed by atoms with Crippen LogP contribution in [0.5, 0.6) is 5.75 Å². The van der Waals surface area contributed by atoms with E-state index in [9.17, 15) is 14.7 Å². The Morgan fingerprint density at radius 3 is 2.88 bits per heavy atom. The molecule has 0 aliphatic carbocycles. The number of phenols is 1. The second-order valence-corrected chi connectivity index (χ2v) is 8.69. The van der Waals surface area contributed by atoms with Crippen LogP contribution in [0.1, 0.15) is 34.8 Å². The summed E-state index contributed by atoms with van der Waals surface area (Å²) in [7, 11) is 4.82. The third-order valence-electron chi connectivity index (χ3n) is 5.30. The minimum absolute atomic E-state index is 0.113. The molecule has 0 saturated carbocycles. The molecule has 4 rings (SSSR count). The number of aromatic hydroxyl groups is 1. The second kappa shape index (κ2) is 8.77. The van der Waals surface area contributed by atoms with Crippen LogP contribution < -0.4 is 16.1 Å². The molecule has 2 aromatic rings. The molecular formula is C21H26N6O4S. The van der Waals surface area contributed by atoms with Crippen LogP contribution in [0.4, 0.5) is 5.69 Å². The summed E-state index contributed by atoms with van der Waals surface area (Å²) in [6, 6.07) is 4.69. The highest BCUT2D eigenvalue weighted by Crippen LogP contribution is 2.36. The number of phenolic OH excluding ortho intramolecular Hbond substituents is 1. The zero-order valence-electron chi connectivity index (χ0n) is 18.2. The Morgan fingerprint density at radius 2 is 2.22 bits per heavy atom. The van der Waals surface area contributed by atoms with Crippen molar-refractivity contribution in [3.8, 4) is 5.75 Å². The highest BCUT2D eigenvalue weighted by atomic mass is 32.1.